The van der Waals surface area contributed by atoms with Crippen LogP contribution in [-0.4, -0.2) is 57.1 Å². The summed E-state index contributed by atoms with van der Waals surface area (Å²) in [6, 6.07) is 8.72. The molecule has 0 amide bonds. The van der Waals surface area contributed by atoms with Gasteiger partial charge in [0.2, 0.25) is 0 Å². The van der Waals surface area contributed by atoms with Crippen LogP contribution in [0.3, 0.4) is 0 Å². The summed E-state index contributed by atoms with van der Waals surface area (Å²) < 4.78 is 9.60. The monoisotopic (exact) mass is 387 g/mol. The maximum absolute atomic E-state index is 5.45. The van der Waals surface area contributed by atoms with Gasteiger partial charge in [-0.15, -0.1) is 12.4 Å². The van der Waals surface area contributed by atoms with Gasteiger partial charge in [-0.1, -0.05) is 17.7 Å². The molecule has 1 fully saturated rings. The van der Waals surface area contributed by atoms with Gasteiger partial charge in [0.25, 0.3) is 0 Å². The van der Waals surface area contributed by atoms with Crippen molar-refractivity contribution in [3.05, 3.63) is 54.7 Å². The number of aryl methyl sites for hydroxylation is 1. The standard InChI is InChI=1S/C20H25N5O.ClH/c1-16-3-5-19(6-4-16)25-14-18(11-22-25)20-12-21-15-24(20)17(2)13-23-7-9-26-10-8-23;/h3-6,11-12,14-15,17H,7-10,13H2,1-2H3;1H. The molecule has 1 aliphatic heterocycles. The van der Waals surface area contributed by atoms with Gasteiger partial charge >= 0.3 is 0 Å². The Morgan fingerprint density at radius 2 is 1.85 bits per heavy atom. The fourth-order valence-electron chi connectivity index (χ4n) is 3.42. The molecular weight excluding hydrogens is 362 g/mol. The van der Waals surface area contributed by atoms with E-state index in [0.717, 1.165) is 49.8 Å². The van der Waals surface area contributed by atoms with E-state index >= 15 is 0 Å². The molecular formula is C20H26ClN5O. The second-order valence-electron chi connectivity index (χ2n) is 6.96. The summed E-state index contributed by atoms with van der Waals surface area (Å²) in [5.41, 5.74) is 4.49. The predicted molar refractivity (Wildman–Crippen MR) is 109 cm³/mol. The number of morpholine rings is 1. The molecule has 2 aromatic heterocycles. The minimum Gasteiger partial charge on any atom is -0.379 e. The number of benzene rings is 1. The van der Waals surface area contributed by atoms with E-state index in [1.165, 1.54) is 5.56 Å². The summed E-state index contributed by atoms with van der Waals surface area (Å²) in [5.74, 6) is 0. The van der Waals surface area contributed by atoms with Crippen molar-refractivity contribution < 1.29 is 4.74 Å². The first-order valence-electron chi connectivity index (χ1n) is 9.15. The predicted octanol–water partition coefficient (Wildman–Crippen LogP) is 3.36. The normalized spacial score (nSPS) is 16.1. The molecule has 0 N–H and O–H groups in total. The van der Waals surface area contributed by atoms with Gasteiger partial charge in [-0.05, 0) is 26.0 Å². The molecule has 0 spiro atoms. The molecule has 27 heavy (non-hydrogen) atoms. The molecule has 3 heterocycles. The van der Waals surface area contributed by atoms with Crippen molar-refractivity contribution in [2.75, 3.05) is 32.8 Å². The molecule has 7 heteroatoms. The van der Waals surface area contributed by atoms with E-state index in [1.54, 1.807) is 0 Å². The van der Waals surface area contributed by atoms with Gasteiger partial charge in [0.1, 0.15) is 0 Å². The Hall–Kier alpha value is -2.15. The molecule has 4 rings (SSSR count). The van der Waals surface area contributed by atoms with Crippen molar-refractivity contribution in [2.24, 2.45) is 0 Å². The lowest BCUT2D eigenvalue weighted by Gasteiger charge is -2.30. The van der Waals surface area contributed by atoms with Crippen molar-refractivity contribution in [1.29, 1.82) is 0 Å². The van der Waals surface area contributed by atoms with Crippen LogP contribution in [0.2, 0.25) is 0 Å². The zero-order valence-corrected chi connectivity index (χ0v) is 16.6. The average Bonchev–Trinajstić information content (AvgIpc) is 3.32. The Kier molecular flexibility index (Phi) is 6.31. The van der Waals surface area contributed by atoms with Crippen molar-refractivity contribution in [1.82, 2.24) is 24.2 Å². The third-order valence-corrected chi connectivity index (χ3v) is 4.94. The number of imidazole rings is 1. The largest absolute Gasteiger partial charge is 0.379 e. The van der Waals surface area contributed by atoms with E-state index < -0.39 is 0 Å². The van der Waals surface area contributed by atoms with E-state index in [9.17, 15) is 0 Å². The lowest BCUT2D eigenvalue weighted by molar-refractivity contribution is 0.0326. The van der Waals surface area contributed by atoms with Crippen LogP contribution in [0.1, 0.15) is 18.5 Å². The van der Waals surface area contributed by atoms with E-state index in [1.807, 2.05) is 23.4 Å². The molecule has 0 saturated carbocycles. The first-order valence-corrected chi connectivity index (χ1v) is 9.15. The summed E-state index contributed by atoms with van der Waals surface area (Å²) in [7, 11) is 0. The van der Waals surface area contributed by atoms with Gasteiger partial charge in [0, 0.05) is 37.4 Å². The highest BCUT2D eigenvalue weighted by molar-refractivity contribution is 5.85. The van der Waals surface area contributed by atoms with Gasteiger partial charge in [-0.3, -0.25) is 4.90 Å². The van der Waals surface area contributed by atoms with Crippen molar-refractivity contribution in [3.63, 3.8) is 0 Å². The van der Waals surface area contributed by atoms with Gasteiger partial charge < -0.3 is 9.30 Å². The first kappa shape index (κ1) is 19.6. The van der Waals surface area contributed by atoms with Gasteiger partial charge in [-0.25, -0.2) is 9.67 Å². The van der Waals surface area contributed by atoms with Gasteiger partial charge in [0.05, 0.1) is 43.3 Å². The highest BCUT2D eigenvalue weighted by atomic mass is 35.5. The summed E-state index contributed by atoms with van der Waals surface area (Å²) >= 11 is 0. The Morgan fingerprint density at radius 3 is 2.59 bits per heavy atom. The highest BCUT2D eigenvalue weighted by Crippen LogP contribution is 2.24. The summed E-state index contributed by atoms with van der Waals surface area (Å²) in [6.45, 7) is 8.98. The number of aromatic nitrogens is 4. The van der Waals surface area contributed by atoms with Crippen LogP contribution in [0.4, 0.5) is 0 Å². The van der Waals surface area contributed by atoms with E-state index in [2.05, 4.69) is 63.9 Å². The number of ether oxygens (including phenoxy) is 1. The number of hydrogen-bond donors (Lipinski definition) is 0. The Bertz CT molecular complexity index is 851. The van der Waals surface area contributed by atoms with E-state index in [0.29, 0.717) is 6.04 Å². The Morgan fingerprint density at radius 1 is 1.11 bits per heavy atom. The Labute approximate surface area is 166 Å². The molecule has 3 aromatic rings. The van der Waals surface area contributed by atoms with Gasteiger partial charge in [-0.2, -0.15) is 5.10 Å². The highest BCUT2D eigenvalue weighted by Gasteiger charge is 2.18. The zero-order chi connectivity index (χ0) is 17.9. The van der Waals surface area contributed by atoms with Crippen molar-refractivity contribution in [2.45, 2.75) is 19.9 Å². The molecule has 0 aliphatic carbocycles. The van der Waals surface area contributed by atoms with Crippen molar-refractivity contribution in [3.8, 4) is 16.9 Å². The quantitative estimate of drug-likeness (QED) is 0.673. The SMILES string of the molecule is Cc1ccc(-n2cc(-c3cncn3C(C)CN3CCOCC3)cn2)cc1.Cl. The second kappa shape index (κ2) is 8.69. The van der Waals surface area contributed by atoms with Crippen LogP contribution in [-0.2, 0) is 4.74 Å². The molecule has 1 aliphatic rings. The van der Waals surface area contributed by atoms with Gasteiger partial charge in [0.15, 0.2) is 0 Å². The zero-order valence-electron chi connectivity index (χ0n) is 15.8. The molecule has 1 unspecified atom stereocenters. The molecule has 6 nitrogen and oxygen atoms in total. The summed E-state index contributed by atoms with van der Waals surface area (Å²) in [5, 5.41) is 4.54. The average molecular weight is 388 g/mol. The number of hydrogen-bond acceptors (Lipinski definition) is 4. The summed E-state index contributed by atoms with van der Waals surface area (Å²) in [6.07, 6.45) is 7.82. The van der Waals surface area contributed by atoms with Crippen molar-refractivity contribution >= 4 is 12.4 Å². The van der Waals surface area contributed by atoms with Crippen LogP contribution >= 0.6 is 12.4 Å². The molecule has 0 bridgehead atoms. The van der Waals surface area contributed by atoms with E-state index in [-0.39, 0.29) is 12.4 Å². The summed E-state index contributed by atoms with van der Waals surface area (Å²) in [4.78, 5) is 6.84. The maximum atomic E-state index is 5.45. The number of halogens is 1. The molecule has 144 valence electrons. The fourth-order valence-corrected chi connectivity index (χ4v) is 3.42. The topological polar surface area (TPSA) is 48.1 Å². The van der Waals surface area contributed by atoms with Crippen LogP contribution < -0.4 is 0 Å². The maximum Gasteiger partial charge on any atom is 0.0953 e. The smallest absolute Gasteiger partial charge is 0.0953 e. The second-order valence-corrected chi connectivity index (χ2v) is 6.96. The minimum absolute atomic E-state index is 0. The minimum atomic E-state index is 0. The van der Waals surface area contributed by atoms with Crippen LogP contribution in [0.15, 0.2) is 49.2 Å². The Balaban J connectivity index is 0.00000210. The molecule has 1 atom stereocenters. The lowest BCUT2D eigenvalue weighted by atomic mass is 10.2. The fraction of sp³-hybridized carbons (Fsp3) is 0.400. The van der Waals surface area contributed by atoms with Crippen LogP contribution in [0.5, 0.6) is 0 Å². The third kappa shape index (κ3) is 4.40. The lowest BCUT2D eigenvalue weighted by Crippen LogP contribution is -2.39. The van der Waals surface area contributed by atoms with Crippen LogP contribution in [0, 0.1) is 6.92 Å². The van der Waals surface area contributed by atoms with Crippen LogP contribution in [0.25, 0.3) is 16.9 Å². The van der Waals surface area contributed by atoms with E-state index in [4.69, 9.17) is 4.74 Å². The number of rotatable bonds is 5. The third-order valence-electron chi connectivity index (χ3n) is 4.94. The molecule has 1 saturated heterocycles. The molecule has 1 aromatic carbocycles. The first-order chi connectivity index (χ1) is 12.7. The number of nitrogens with zero attached hydrogens (tertiary/aromatic N) is 5. The molecule has 0 radical (unpaired) electrons.